The van der Waals surface area contributed by atoms with Gasteiger partial charge in [-0.2, -0.15) is 0 Å². The van der Waals surface area contributed by atoms with E-state index in [1.165, 1.54) is 0 Å². The van der Waals surface area contributed by atoms with Gasteiger partial charge in [-0.3, -0.25) is 4.79 Å². The number of ether oxygens (including phenoxy) is 2. The highest BCUT2D eigenvalue weighted by Gasteiger charge is 2.08. The van der Waals surface area contributed by atoms with Gasteiger partial charge in [-0.1, -0.05) is 12.1 Å². The van der Waals surface area contributed by atoms with Crippen LogP contribution in [0.15, 0.2) is 66.9 Å². The number of rotatable bonds is 8. The second-order valence-electron chi connectivity index (χ2n) is 6.49. The van der Waals surface area contributed by atoms with Crippen molar-refractivity contribution < 1.29 is 14.3 Å². The molecule has 0 saturated carbocycles. The molecule has 0 aliphatic heterocycles. The molecule has 2 aromatic carbocycles. The first-order chi connectivity index (χ1) is 14.0. The highest BCUT2D eigenvalue weighted by atomic mass is 16.5. The second-order valence-corrected chi connectivity index (χ2v) is 6.49. The Hall–Kier alpha value is -3.74. The molecule has 1 heterocycles. The molecule has 0 radical (unpaired) electrons. The largest absolute Gasteiger partial charge is 0.493 e. The number of anilines is 4. The van der Waals surface area contributed by atoms with Gasteiger partial charge < -0.3 is 25.0 Å². The molecule has 7 nitrogen and oxygen atoms in total. The molecule has 150 valence electrons. The zero-order valence-electron chi connectivity index (χ0n) is 16.7. The Balaban J connectivity index is 1.52. The Bertz CT molecular complexity index is 941. The number of benzene rings is 2. The topological polar surface area (TPSA) is 75.7 Å². The lowest BCUT2D eigenvalue weighted by atomic mass is 10.2. The van der Waals surface area contributed by atoms with Crippen LogP contribution in [0.5, 0.6) is 11.5 Å². The summed E-state index contributed by atoms with van der Waals surface area (Å²) in [5.41, 5.74) is 2.91. The van der Waals surface area contributed by atoms with Crippen LogP contribution >= 0.6 is 0 Å². The van der Waals surface area contributed by atoms with Crippen LogP contribution in [-0.4, -0.2) is 38.7 Å². The lowest BCUT2D eigenvalue weighted by molar-refractivity contribution is -0.118. The van der Waals surface area contributed by atoms with E-state index in [1.54, 1.807) is 31.5 Å². The molecule has 0 bridgehead atoms. The molecule has 3 rings (SSSR count). The molecular weight excluding hydrogens is 368 g/mol. The first kappa shape index (κ1) is 20.0. The van der Waals surface area contributed by atoms with Crippen LogP contribution in [0, 0.1) is 0 Å². The van der Waals surface area contributed by atoms with E-state index < -0.39 is 0 Å². The SMILES string of the molecule is COc1ccccc1OCC(=O)Nc1ccc(Nc2ccc(N(C)C)cc2)cn1. The third-order valence-corrected chi connectivity index (χ3v) is 4.13. The zero-order valence-corrected chi connectivity index (χ0v) is 16.7. The number of para-hydroxylation sites is 2. The van der Waals surface area contributed by atoms with Gasteiger partial charge in [-0.25, -0.2) is 4.98 Å². The number of nitrogens with zero attached hydrogens (tertiary/aromatic N) is 2. The van der Waals surface area contributed by atoms with E-state index >= 15 is 0 Å². The number of carbonyl (C=O) groups is 1. The maximum absolute atomic E-state index is 12.1. The summed E-state index contributed by atoms with van der Waals surface area (Å²) in [6, 6.07) is 18.8. The highest BCUT2D eigenvalue weighted by molar-refractivity contribution is 5.91. The number of methoxy groups -OCH3 is 1. The summed E-state index contributed by atoms with van der Waals surface area (Å²) in [4.78, 5) is 18.4. The first-order valence-corrected chi connectivity index (χ1v) is 9.11. The van der Waals surface area contributed by atoms with Crippen molar-refractivity contribution in [3.63, 3.8) is 0 Å². The van der Waals surface area contributed by atoms with Gasteiger partial charge in [0.15, 0.2) is 18.1 Å². The maximum Gasteiger partial charge on any atom is 0.263 e. The fraction of sp³-hybridized carbons (Fsp3) is 0.182. The van der Waals surface area contributed by atoms with Crippen molar-refractivity contribution >= 4 is 28.8 Å². The van der Waals surface area contributed by atoms with Gasteiger partial charge in [-0.15, -0.1) is 0 Å². The van der Waals surface area contributed by atoms with Crippen LogP contribution in [0.4, 0.5) is 22.9 Å². The van der Waals surface area contributed by atoms with Crippen molar-refractivity contribution in [3.8, 4) is 11.5 Å². The average Bonchev–Trinajstić information content (AvgIpc) is 2.74. The summed E-state index contributed by atoms with van der Waals surface area (Å²) in [6.45, 7) is -0.139. The van der Waals surface area contributed by atoms with E-state index in [0.717, 1.165) is 17.1 Å². The lowest BCUT2D eigenvalue weighted by Gasteiger charge is -2.13. The maximum atomic E-state index is 12.1. The van der Waals surface area contributed by atoms with Gasteiger partial charge >= 0.3 is 0 Å². The van der Waals surface area contributed by atoms with Crippen LogP contribution in [0.3, 0.4) is 0 Å². The molecule has 2 N–H and O–H groups in total. The Morgan fingerprint density at radius 2 is 1.66 bits per heavy atom. The van der Waals surface area contributed by atoms with Crippen LogP contribution in [0.25, 0.3) is 0 Å². The fourth-order valence-electron chi connectivity index (χ4n) is 2.61. The fourth-order valence-corrected chi connectivity index (χ4v) is 2.61. The highest BCUT2D eigenvalue weighted by Crippen LogP contribution is 2.25. The lowest BCUT2D eigenvalue weighted by Crippen LogP contribution is -2.20. The monoisotopic (exact) mass is 392 g/mol. The van der Waals surface area contributed by atoms with E-state index in [2.05, 4.69) is 15.6 Å². The van der Waals surface area contributed by atoms with Crippen molar-refractivity contribution in [1.29, 1.82) is 0 Å². The summed E-state index contributed by atoms with van der Waals surface area (Å²) in [6.07, 6.45) is 1.66. The third kappa shape index (κ3) is 5.62. The van der Waals surface area contributed by atoms with Crippen molar-refractivity contribution in [2.75, 3.05) is 43.3 Å². The van der Waals surface area contributed by atoms with Crippen molar-refractivity contribution in [3.05, 3.63) is 66.9 Å². The number of carbonyl (C=O) groups excluding carboxylic acids is 1. The number of hydrogen-bond donors (Lipinski definition) is 2. The number of hydrogen-bond acceptors (Lipinski definition) is 6. The summed E-state index contributed by atoms with van der Waals surface area (Å²) in [7, 11) is 5.56. The molecule has 7 heteroatoms. The van der Waals surface area contributed by atoms with Gasteiger partial charge in [0.05, 0.1) is 19.0 Å². The number of amides is 1. The first-order valence-electron chi connectivity index (χ1n) is 9.11. The van der Waals surface area contributed by atoms with E-state index in [1.807, 2.05) is 61.5 Å². The Kier molecular flexibility index (Phi) is 6.52. The minimum absolute atomic E-state index is 0.139. The Morgan fingerprint density at radius 3 is 2.28 bits per heavy atom. The van der Waals surface area contributed by atoms with E-state index in [-0.39, 0.29) is 12.5 Å². The minimum Gasteiger partial charge on any atom is -0.493 e. The number of nitrogens with one attached hydrogen (secondary N) is 2. The van der Waals surface area contributed by atoms with Crippen LogP contribution in [0.1, 0.15) is 0 Å². The van der Waals surface area contributed by atoms with Crippen LogP contribution in [0.2, 0.25) is 0 Å². The smallest absolute Gasteiger partial charge is 0.263 e. The van der Waals surface area contributed by atoms with Crippen molar-refractivity contribution in [2.24, 2.45) is 0 Å². The molecule has 0 fully saturated rings. The quantitative estimate of drug-likeness (QED) is 0.605. The van der Waals surface area contributed by atoms with Gasteiger partial charge in [0.2, 0.25) is 0 Å². The molecule has 1 aromatic heterocycles. The van der Waals surface area contributed by atoms with Crippen LogP contribution < -0.4 is 25.0 Å². The summed E-state index contributed by atoms with van der Waals surface area (Å²) in [5.74, 6) is 1.24. The van der Waals surface area contributed by atoms with Gasteiger partial charge in [0.1, 0.15) is 5.82 Å². The number of pyridine rings is 1. The minimum atomic E-state index is -0.302. The Labute approximate surface area is 170 Å². The van der Waals surface area contributed by atoms with E-state index in [0.29, 0.717) is 17.3 Å². The molecule has 0 saturated heterocycles. The summed E-state index contributed by atoms with van der Waals surface area (Å²) < 4.78 is 10.7. The predicted octanol–water partition coefficient (Wildman–Crippen LogP) is 3.92. The van der Waals surface area contributed by atoms with E-state index in [9.17, 15) is 4.79 Å². The zero-order chi connectivity index (χ0) is 20.6. The van der Waals surface area contributed by atoms with Crippen molar-refractivity contribution in [2.45, 2.75) is 0 Å². The number of aromatic nitrogens is 1. The second kappa shape index (κ2) is 9.45. The van der Waals surface area contributed by atoms with Gasteiger partial charge in [0.25, 0.3) is 5.91 Å². The normalized spacial score (nSPS) is 10.2. The molecule has 29 heavy (non-hydrogen) atoms. The standard InChI is InChI=1S/C22H24N4O3/c1-26(2)18-11-8-16(9-12-18)24-17-10-13-21(23-14-17)25-22(27)15-29-20-7-5-4-6-19(20)28-3/h4-14,24H,15H2,1-3H3,(H,23,25,27). The Morgan fingerprint density at radius 1 is 0.966 bits per heavy atom. The van der Waals surface area contributed by atoms with Gasteiger partial charge in [0, 0.05) is 25.5 Å². The summed E-state index contributed by atoms with van der Waals surface area (Å²) >= 11 is 0. The average molecular weight is 392 g/mol. The molecule has 0 spiro atoms. The van der Waals surface area contributed by atoms with Crippen molar-refractivity contribution in [1.82, 2.24) is 4.98 Å². The molecule has 0 aliphatic carbocycles. The van der Waals surface area contributed by atoms with Crippen LogP contribution in [-0.2, 0) is 4.79 Å². The predicted molar refractivity (Wildman–Crippen MR) is 115 cm³/mol. The van der Waals surface area contributed by atoms with Gasteiger partial charge in [-0.05, 0) is 48.5 Å². The molecular formula is C22H24N4O3. The molecule has 3 aromatic rings. The third-order valence-electron chi connectivity index (χ3n) is 4.13. The van der Waals surface area contributed by atoms with E-state index in [4.69, 9.17) is 9.47 Å². The molecule has 1 amide bonds. The summed E-state index contributed by atoms with van der Waals surface area (Å²) in [5, 5.41) is 5.99. The molecule has 0 unspecified atom stereocenters. The molecule has 0 atom stereocenters. The molecule has 0 aliphatic rings.